The lowest BCUT2D eigenvalue weighted by atomic mass is 10.2. The summed E-state index contributed by atoms with van der Waals surface area (Å²) in [6, 6.07) is 7.38. The van der Waals surface area contributed by atoms with Gasteiger partial charge in [-0.25, -0.2) is 0 Å². The Labute approximate surface area is 116 Å². The predicted octanol–water partition coefficient (Wildman–Crippen LogP) is 2.97. The molecule has 0 aliphatic carbocycles. The second-order valence-corrected chi connectivity index (χ2v) is 5.04. The predicted molar refractivity (Wildman–Crippen MR) is 80.8 cm³/mol. The Bertz CT molecular complexity index is 584. The van der Waals surface area contributed by atoms with Gasteiger partial charge < -0.3 is 11.1 Å². The maximum atomic E-state index is 11.7. The van der Waals surface area contributed by atoms with E-state index in [4.69, 9.17) is 5.73 Å². The molecule has 0 radical (unpaired) electrons. The van der Waals surface area contributed by atoms with Crippen LogP contribution in [0, 0.1) is 6.92 Å². The molecular weight excluding hydrogens is 256 g/mol. The van der Waals surface area contributed by atoms with Crippen LogP contribution in [0.4, 0.5) is 5.69 Å². The molecule has 0 fully saturated rings. The number of anilines is 1. The van der Waals surface area contributed by atoms with Crippen LogP contribution in [0.25, 0.3) is 6.08 Å². The van der Waals surface area contributed by atoms with Crippen molar-refractivity contribution in [2.45, 2.75) is 13.5 Å². The first-order chi connectivity index (χ1) is 9.15. The Hall–Kier alpha value is -2.07. The molecule has 19 heavy (non-hydrogen) atoms. The van der Waals surface area contributed by atoms with E-state index in [0.717, 1.165) is 11.3 Å². The van der Waals surface area contributed by atoms with Crippen LogP contribution in [0.1, 0.15) is 16.7 Å². The van der Waals surface area contributed by atoms with E-state index in [1.807, 2.05) is 31.2 Å². The first kappa shape index (κ1) is 13.4. The number of nitrogens with two attached hydrogens (primary N) is 1. The Morgan fingerprint density at radius 1 is 1.32 bits per heavy atom. The summed E-state index contributed by atoms with van der Waals surface area (Å²) in [7, 11) is 0. The maximum Gasteiger partial charge on any atom is 0.244 e. The summed E-state index contributed by atoms with van der Waals surface area (Å²) in [4.78, 5) is 11.7. The van der Waals surface area contributed by atoms with Gasteiger partial charge in [0, 0.05) is 18.3 Å². The van der Waals surface area contributed by atoms with Crippen LogP contribution >= 0.6 is 11.3 Å². The van der Waals surface area contributed by atoms with Gasteiger partial charge >= 0.3 is 0 Å². The standard InChI is InChI=1S/C15H16N2OS/c1-11-9-19-10-13(11)8-17-15(18)7-4-12-2-5-14(16)6-3-12/h2-7,9-10H,8,16H2,1H3,(H,17,18)/b7-4+. The van der Waals surface area contributed by atoms with Gasteiger partial charge in [0.15, 0.2) is 0 Å². The Morgan fingerprint density at radius 2 is 2.05 bits per heavy atom. The van der Waals surface area contributed by atoms with E-state index in [0.29, 0.717) is 6.54 Å². The fraction of sp³-hybridized carbons (Fsp3) is 0.133. The normalized spacial score (nSPS) is 10.8. The molecule has 0 saturated carbocycles. The van der Waals surface area contributed by atoms with Gasteiger partial charge in [-0.1, -0.05) is 12.1 Å². The maximum absolute atomic E-state index is 11.7. The molecule has 1 heterocycles. The Balaban J connectivity index is 1.87. The molecule has 1 aromatic carbocycles. The van der Waals surface area contributed by atoms with E-state index < -0.39 is 0 Å². The lowest BCUT2D eigenvalue weighted by Gasteiger charge is -2.01. The second-order valence-electron chi connectivity index (χ2n) is 4.30. The average Bonchev–Trinajstić information content (AvgIpc) is 2.81. The number of thiophene rings is 1. The summed E-state index contributed by atoms with van der Waals surface area (Å²) < 4.78 is 0. The number of nitrogen functional groups attached to an aromatic ring is 1. The van der Waals surface area contributed by atoms with E-state index in [9.17, 15) is 4.79 Å². The lowest BCUT2D eigenvalue weighted by molar-refractivity contribution is -0.116. The van der Waals surface area contributed by atoms with Crippen LogP contribution in [0.15, 0.2) is 41.1 Å². The SMILES string of the molecule is Cc1cscc1CNC(=O)/C=C/c1ccc(N)cc1. The molecule has 98 valence electrons. The van der Waals surface area contributed by atoms with Crippen molar-refractivity contribution in [2.75, 3.05) is 5.73 Å². The first-order valence-corrected chi connectivity index (χ1v) is 6.92. The van der Waals surface area contributed by atoms with Gasteiger partial charge in [-0.15, -0.1) is 0 Å². The van der Waals surface area contributed by atoms with Gasteiger partial charge in [0.25, 0.3) is 0 Å². The number of hydrogen-bond donors (Lipinski definition) is 2. The number of carbonyl (C=O) groups excluding carboxylic acids is 1. The molecule has 0 unspecified atom stereocenters. The van der Waals surface area contributed by atoms with Crippen LogP contribution in [0.2, 0.25) is 0 Å². The zero-order chi connectivity index (χ0) is 13.7. The van der Waals surface area contributed by atoms with Crippen molar-refractivity contribution in [1.29, 1.82) is 0 Å². The Kier molecular flexibility index (Phi) is 4.36. The van der Waals surface area contributed by atoms with Gasteiger partial charge in [0.2, 0.25) is 5.91 Å². The highest BCUT2D eigenvalue weighted by atomic mass is 32.1. The molecule has 0 aliphatic heterocycles. The highest BCUT2D eigenvalue weighted by Gasteiger charge is 2.00. The quantitative estimate of drug-likeness (QED) is 0.664. The molecule has 2 aromatic rings. The zero-order valence-electron chi connectivity index (χ0n) is 10.7. The smallest absolute Gasteiger partial charge is 0.244 e. The summed E-state index contributed by atoms with van der Waals surface area (Å²) in [5, 5.41) is 6.99. The summed E-state index contributed by atoms with van der Waals surface area (Å²) >= 11 is 1.65. The molecule has 0 spiro atoms. The fourth-order valence-corrected chi connectivity index (χ4v) is 2.45. The summed E-state index contributed by atoms with van der Waals surface area (Å²) in [6.45, 7) is 2.61. The molecule has 3 nitrogen and oxygen atoms in total. The number of hydrogen-bond acceptors (Lipinski definition) is 3. The van der Waals surface area contributed by atoms with Gasteiger partial charge in [0.05, 0.1) is 0 Å². The van der Waals surface area contributed by atoms with E-state index >= 15 is 0 Å². The Morgan fingerprint density at radius 3 is 2.68 bits per heavy atom. The minimum Gasteiger partial charge on any atom is -0.399 e. The monoisotopic (exact) mass is 272 g/mol. The van der Waals surface area contributed by atoms with Gasteiger partial charge in [0.1, 0.15) is 0 Å². The van der Waals surface area contributed by atoms with Crippen molar-refractivity contribution in [3.63, 3.8) is 0 Å². The van der Waals surface area contributed by atoms with E-state index in [-0.39, 0.29) is 5.91 Å². The highest BCUT2D eigenvalue weighted by Crippen LogP contribution is 2.13. The van der Waals surface area contributed by atoms with E-state index in [2.05, 4.69) is 16.1 Å². The van der Waals surface area contributed by atoms with Crippen LogP contribution < -0.4 is 11.1 Å². The van der Waals surface area contributed by atoms with Crippen molar-refractivity contribution < 1.29 is 4.79 Å². The minimum atomic E-state index is -0.0950. The van der Waals surface area contributed by atoms with Crippen molar-refractivity contribution in [2.24, 2.45) is 0 Å². The summed E-state index contributed by atoms with van der Waals surface area (Å²) in [5.74, 6) is -0.0950. The van der Waals surface area contributed by atoms with Crippen molar-refractivity contribution in [3.05, 3.63) is 57.8 Å². The third-order valence-electron chi connectivity index (χ3n) is 2.78. The zero-order valence-corrected chi connectivity index (χ0v) is 11.5. The van der Waals surface area contributed by atoms with Crippen LogP contribution in [-0.4, -0.2) is 5.91 Å². The number of carbonyl (C=O) groups is 1. The van der Waals surface area contributed by atoms with Crippen molar-refractivity contribution >= 4 is 29.0 Å². The van der Waals surface area contributed by atoms with E-state index in [1.54, 1.807) is 17.4 Å². The molecule has 2 rings (SSSR count). The number of nitrogens with one attached hydrogen (secondary N) is 1. The van der Waals surface area contributed by atoms with E-state index in [1.165, 1.54) is 17.2 Å². The number of aryl methyl sites for hydroxylation is 1. The molecule has 0 bridgehead atoms. The largest absolute Gasteiger partial charge is 0.399 e. The number of benzene rings is 1. The molecule has 1 aromatic heterocycles. The molecule has 0 saturated heterocycles. The van der Waals surface area contributed by atoms with Gasteiger partial charge in [-0.2, -0.15) is 11.3 Å². The third-order valence-corrected chi connectivity index (χ3v) is 3.69. The summed E-state index contributed by atoms with van der Waals surface area (Å²) in [5.41, 5.74) is 9.65. The van der Waals surface area contributed by atoms with Gasteiger partial charge in [-0.3, -0.25) is 4.79 Å². The fourth-order valence-electron chi connectivity index (χ4n) is 1.59. The first-order valence-electron chi connectivity index (χ1n) is 5.98. The highest BCUT2D eigenvalue weighted by molar-refractivity contribution is 7.08. The molecule has 4 heteroatoms. The average molecular weight is 272 g/mol. The lowest BCUT2D eigenvalue weighted by Crippen LogP contribution is -2.20. The van der Waals surface area contributed by atoms with Crippen LogP contribution in [-0.2, 0) is 11.3 Å². The molecule has 1 amide bonds. The van der Waals surface area contributed by atoms with Crippen LogP contribution in [0.5, 0.6) is 0 Å². The third kappa shape index (κ3) is 3.96. The molecule has 0 atom stereocenters. The number of rotatable bonds is 4. The topological polar surface area (TPSA) is 55.1 Å². The molecular formula is C15H16N2OS. The molecule has 3 N–H and O–H groups in total. The molecule has 0 aliphatic rings. The second kappa shape index (κ2) is 6.20. The van der Waals surface area contributed by atoms with Crippen molar-refractivity contribution in [3.8, 4) is 0 Å². The minimum absolute atomic E-state index is 0.0950. The number of amides is 1. The summed E-state index contributed by atoms with van der Waals surface area (Å²) in [6.07, 6.45) is 3.31. The van der Waals surface area contributed by atoms with Crippen LogP contribution in [0.3, 0.4) is 0 Å². The van der Waals surface area contributed by atoms with Crippen molar-refractivity contribution in [1.82, 2.24) is 5.32 Å². The van der Waals surface area contributed by atoms with Gasteiger partial charge in [-0.05, 0) is 52.6 Å².